The molecule has 0 bridgehead atoms. The van der Waals surface area contributed by atoms with E-state index in [4.69, 9.17) is 10.2 Å². The molecule has 0 saturated carbocycles. The highest BCUT2D eigenvalue weighted by Gasteiger charge is 2.38. The average molecular weight is 279 g/mol. The Morgan fingerprint density at radius 1 is 1.40 bits per heavy atom. The highest BCUT2D eigenvalue weighted by molar-refractivity contribution is 5.02. The summed E-state index contributed by atoms with van der Waals surface area (Å²) in [6.07, 6.45) is 4.05. The van der Waals surface area contributed by atoms with Crippen molar-refractivity contribution in [3.05, 3.63) is 24.2 Å². The van der Waals surface area contributed by atoms with E-state index in [1.807, 2.05) is 6.07 Å². The van der Waals surface area contributed by atoms with Gasteiger partial charge in [0.15, 0.2) is 0 Å². The smallest absolute Gasteiger partial charge is 0.117 e. The van der Waals surface area contributed by atoms with Crippen molar-refractivity contribution in [1.82, 2.24) is 9.80 Å². The Bertz CT molecular complexity index is 380. The molecule has 0 aliphatic carbocycles. The lowest BCUT2D eigenvalue weighted by Gasteiger charge is -2.48. The maximum Gasteiger partial charge on any atom is 0.117 e. The molecule has 2 rings (SSSR count). The van der Waals surface area contributed by atoms with Crippen molar-refractivity contribution >= 4 is 0 Å². The number of furan rings is 1. The van der Waals surface area contributed by atoms with Gasteiger partial charge in [-0.25, -0.2) is 0 Å². The van der Waals surface area contributed by atoms with Crippen LogP contribution in [-0.4, -0.2) is 47.6 Å². The normalized spacial score (nSPS) is 19.9. The largest absolute Gasteiger partial charge is 0.468 e. The van der Waals surface area contributed by atoms with E-state index in [2.05, 4.69) is 36.6 Å². The van der Waals surface area contributed by atoms with Crippen molar-refractivity contribution in [1.29, 1.82) is 0 Å². The standard InChI is InChI=1S/C16H29N3O/c1-4-19(12-15-6-5-11-20-15)16(13-17)7-9-18(10-8-16)14(2)3/h5-6,11,14H,4,7-10,12-13,17H2,1-3H3. The fraction of sp³-hybridized carbons (Fsp3) is 0.750. The van der Waals surface area contributed by atoms with Crippen LogP contribution in [0.2, 0.25) is 0 Å². The van der Waals surface area contributed by atoms with Gasteiger partial charge in [0.05, 0.1) is 12.8 Å². The molecule has 4 heteroatoms. The number of nitrogens with two attached hydrogens (primary N) is 1. The summed E-state index contributed by atoms with van der Waals surface area (Å²) in [4.78, 5) is 5.05. The molecule has 114 valence electrons. The van der Waals surface area contributed by atoms with E-state index < -0.39 is 0 Å². The summed E-state index contributed by atoms with van der Waals surface area (Å²) >= 11 is 0. The van der Waals surface area contributed by atoms with Crippen molar-refractivity contribution < 1.29 is 4.42 Å². The van der Waals surface area contributed by atoms with Crippen LogP contribution >= 0.6 is 0 Å². The van der Waals surface area contributed by atoms with Crippen molar-refractivity contribution in [3.63, 3.8) is 0 Å². The first-order valence-corrected chi connectivity index (χ1v) is 7.83. The summed E-state index contributed by atoms with van der Waals surface area (Å²) in [5.41, 5.74) is 6.31. The Labute approximate surface area is 122 Å². The van der Waals surface area contributed by atoms with Crippen LogP contribution in [0, 0.1) is 0 Å². The summed E-state index contributed by atoms with van der Waals surface area (Å²) in [7, 11) is 0. The Balaban J connectivity index is 2.05. The summed E-state index contributed by atoms with van der Waals surface area (Å²) < 4.78 is 5.51. The summed E-state index contributed by atoms with van der Waals surface area (Å²) in [5.74, 6) is 1.03. The molecular formula is C16H29N3O. The van der Waals surface area contributed by atoms with E-state index in [0.717, 1.165) is 51.3 Å². The molecule has 1 aromatic rings. The molecule has 0 radical (unpaired) electrons. The first-order chi connectivity index (χ1) is 9.61. The van der Waals surface area contributed by atoms with Crippen LogP contribution in [0.15, 0.2) is 22.8 Å². The molecule has 0 atom stereocenters. The van der Waals surface area contributed by atoms with Gasteiger partial charge in [-0.1, -0.05) is 6.92 Å². The van der Waals surface area contributed by atoms with Crippen LogP contribution in [0.5, 0.6) is 0 Å². The molecule has 4 nitrogen and oxygen atoms in total. The molecule has 1 saturated heterocycles. The fourth-order valence-electron chi connectivity index (χ4n) is 3.31. The lowest BCUT2D eigenvalue weighted by molar-refractivity contribution is 0.0120. The van der Waals surface area contributed by atoms with Gasteiger partial charge >= 0.3 is 0 Å². The second-order valence-corrected chi connectivity index (χ2v) is 6.15. The zero-order valence-corrected chi connectivity index (χ0v) is 13.1. The maximum atomic E-state index is 6.17. The summed E-state index contributed by atoms with van der Waals surface area (Å²) in [5, 5.41) is 0. The van der Waals surface area contributed by atoms with E-state index in [1.54, 1.807) is 6.26 Å². The minimum Gasteiger partial charge on any atom is -0.468 e. The van der Waals surface area contributed by atoms with Crippen molar-refractivity contribution in [2.75, 3.05) is 26.2 Å². The zero-order chi connectivity index (χ0) is 14.6. The van der Waals surface area contributed by atoms with Crippen LogP contribution in [0.4, 0.5) is 0 Å². The number of piperidine rings is 1. The molecule has 1 aliphatic rings. The van der Waals surface area contributed by atoms with Crippen molar-refractivity contribution in [2.24, 2.45) is 5.73 Å². The quantitative estimate of drug-likeness (QED) is 0.868. The highest BCUT2D eigenvalue weighted by Crippen LogP contribution is 2.30. The second kappa shape index (κ2) is 6.74. The Morgan fingerprint density at radius 2 is 2.10 bits per heavy atom. The SMILES string of the molecule is CCN(Cc1ccco1)C1(CN)CCN(C(C)C)CC1. The maximum absolute atomic E-state index is 6.17. The van der Waals surface area contributed by atoms with Gasteiger partial charge in [-0.15, -0.1) is 0 Å². The van der Waals surface area contributed by atoms with E-state index in [0.29, 0.717) is 6.04 Å². The zero-order valence-electron chi connectivity index (χ0n) is 13.1. The number of rotatable bonds is 6. The Hall–Kier alpha value is -0.840. The van der Waals surface area contributed by atoms with Crippen LogP contribution in [0.1, 0.15) is 39.4 Å². The first-order valence-electron chi connectivity index (χ1n) is 7.83. The number of hydrogen-bond acceptors (Lipinski definition) is 4. The molecule has 0 amide bonds. The lowest BCUT2D eigenvalue weighted by Crippen LogP contribution is -2.59. The summed E-state index contributed by atoms with van der Waals surface area (Å²) in [6.45, 7) is 11.7. The van der Waals surface area contributed by atoms with Crippen molar-refractivity contribution in [3.8, 4) is 0 Å². The predicted octanol–water partition coefficient (Wildman–Crippen LogP) is 2.30. The molecule has 2 N–H and O–H groups in total. The molecule has 20 heavy (non-hydrogen) atoms. The van der Waals surface area contributed by atoms with Gasteiger partial charge in [0.1, 0.15) is 5.76 Å². The van der Waals surface area contributed by atoms with E-state index in [-0.39, 0.29) is 5.54 Å². The average Bonchev–Trinajstić information content (AvgIpc) is 2.97. The van der Waals surface area contributed by atoms with Gasteiger partial charge in [0, 0.05) is 31.2 Å². The minimum absolute atomic E-state index is 0.132. The lowest BCUT2D eigenvalue weighted by atomic mass is 9.85. The van der Waals surface area contributed by atoms with Crippen LogP contribution in [0.25, 0.3) is 0 Å². The summed E-state index contributed by atoms with van der Waals surface area (Å²) in [6, 6.07) is 4.64. The molecule has 0 unspecified atom stereocenters. The Morgan fingerprint density at radius 3 is 2.55 bits per heavy atom. The van der Waals surface area contributed by atoms with Gasteiger partial charge in [0.2, 0.25) is 0 Å². The van der Waals surface area contributed by atoms with Gasteiger partial charge in [-0.3, -0.25) is 4.90 Å². The molecule has 1 aromatic heterocycles. The van der Waals surface area contributed by atoms with Gasteiger partial charge in [-0.2, -0.15) is 0 Å². The number of likely N-dealkylation sites (tertiary alicyclic amines) is 1. The van der Waals surface area contributed by atoms with Gasteiger partial charge < -0.3 is 15.1 Å². The van der Waals surface area contributed by atoms with E-state index >= 15 is 0 Å². The predicted molar refractivity (Wildman–Crippen MR) is 82.5 cm³/mol. The molecular weight excluding hydrogens is 250 g/mol. The molecule has 2 heterocycles. The second-order valence-electron chi connectivity index (χ2n) is 6.15. The third kappa shape index (κ3) is 3.25. The van der Waals surface area contributed by atoms with E-state index in [9.17, 15) is 0 Å². The number of likely N-dealkylation sites (N-methyl/N-ethyl adjacent to an activating group) is 1. The number of hydrogen-bond donors (Lipinski definition) is 1. The Kier molecular flexibility index (Phi) is 5.24. The van der Waals surface area contributed by atoms with Crippen molar-refractivity contribution in [2.45, 2.75) is 51.7 Å². The number of nitrogens with zero attached hydrogens (tertiary/aromatic N) is 2. The first kappa shape index (κ1) is 15.5. The molecule has 0 spiro atoms. The third-order valence-electron chi connectivity index (χ3n) is 4.82. The van der Waals surface area contributed by atoms with Crippen LogP contribution in [0.3, 0.4) is 0 Å². The van der Waals surface area contributed by atoms with Gasteiger partial charge in [-0.05, 0) is 45.4 Å². The third-order valence-corrected chi connectivity index (χ3v) is 4.82. The molecule has 0 aromatic carbocycles. The van der Waals surface area contributed by atoms with E-state index in [1.165, 1.54) is 0 Å². The van der Waals surface area contributed by atoms with Crippen LogP contribution in [-0.2, 0) is 6.54 Å². The fourth-order valence-corrected chi connectivity index (χ4v) is 3.31. The van der Waals surface area contributed by atoms with Crippen LogP contribution < -0.4 is 5.73 Å². The highest BCUT2D eigenvalue weighted by atomic mass is 16.3. The topological polar surface area (TPSA) is 45.6 Å². The molecule has 1 aliphatic heterocycles. The monoisotopic (exact) mass is 279 g/mol. The van der Waals surface area contributed by atoms with Gasteiger partial charge in [0.25, 0.3) is 0 Å². The molecule has 1 fully saturated rings. The minimum atomic E-state index is 0.132.